The number of halogens is 1. The van der Waals surface area contributed by atoms with Crippen molar-refractivity contribution in [1.29, 1.82) is 0 Å². The topological polar surface area (TPSA) is 59.9 Å². The largest absolute Gasteiger partial charge is 0.448 e. The first kappa shape index (κ1) is 19.5. The number of para-hydroxylation sites is 1. The SMILES string of the molecule is Cc1ccc(CSc2nnc3c(n2)OC(c2ccc(F)cc2)Nc2ccccc2-3)cc1. The molecule has 0 radical (unpaired) electrons. The molecule has 0 amide bonds. The van der Waals surface area contributed by atoms with Gasteiger partial charge in [0, 0.05) is 22.6 Å². The second-order valence-corrected chi connectivity index (χ2v) is 8.20. The molecule has 31 heavy (non-hydrogen) atoms. The molecule has 0 aliphatic carbocycles. The van der Waals surface area contributed by atoms with Crippen LogP contribution in [0.15, 0.2) is 78.0 Å². The van der Waals surface area contributed by atoms with Crippen molar-refractivity contribution in [2.75, 3.05) is 5.32 Å². The number of benzene rings is 3. The molecule has 0 fully saturated rings. The molecule has 154 valence electrons. The van der Waals surface area contributed by atoms with E-state index in [2.05, 4.69) is 51.7 Å². The Morgan fingerprint density at radius 2 is 1.74 bits per heavy atom. The van der Waals surface area contributed by atoms with Gasteiger partial charge in [0.25, 0.3) is 0 Å². The van der Waals surface area contributed by atoms with Crippen molar-refractivity contribution < 1.29 is 9.13 Å². The lowest BCUT2D eigenvalue weighted by Crippen LogP contribution is -2.17. The summed E-state index contributed by atoms with van der Waals surface area (Å²) in [5, 5.41) is 12.7. The van der Waals surface area contributed by atoms with Crippen LogP contribution in [0.4, 0.5) is 10.1 Å². The van der Waals surface area contributed by atoms with Crippen LogP contribution < -0.4 is 10.1 Å². The Hall–Kier alpha value is -3.45. The van der Waals surface area contributed by atoms with E-state index in [0.717, 1.165) is 22.6 Å². The number of aromatic nitrogens is 3. The van der Waals surface area contributed by atoms with Crippen molar-refractivity contribution in [3.05, 3.63) is 95.3 Å². The second-order valence-electron chi connectivity index (χ2n) is 7.26. The Balaban J connectivity index is 1.47. The average molecular weight is 431 g/mol. The molecular formula is C24H19FN4OS. The van der Waals surface area contributed by atoms with Crippen LogP contribution in [0.25, 0.3) is 11.3 Å². The van der Waals surface area contributed by atoms with E-state index in [-0.39, 0.29) is 5.82 Å². The van der Waals surface area contributed by atoms with Crippen LogP contribution in [0.5, 0.6) is 5.88 Å². The third-order valence-electron chi connectivity index (χ3n) is 4.99. The van der Waals surface area contributed by atoms with E-state index in [9.17, 15) is 4.39 Å². The summed E-state index contributed by atoms with van der Waals surface area (Å²) in [6, 6.07) is 22.4. The first-order chi connectivity index (χ1) is 15.2. The highest BCUT2D eigenvalue weighted by Gasteiger charge is 2.26. The molecule has 1 N–H and O–H groups in total. The minimum atomic E-state index is -0.533. The zero-order valence-electron chi connectivity index (χ0n) is 16.7. The van der Waals surface area contributed by atoms with Crippen molar-refractivity contribution >= 4 is 17.4 Å². The van der Waals surface area contributed by atoms with Gasteiger partial charge in [0.05, 0.1) is 0 Å². The average Bonchev–Trinajstić information content (AvgIpc) is 2.96. The zero-order valence-corrected chi connectivity index (χ0v) is 17.6. The molecule has 7 heteroatoms. The maximum absolute atomic E-state index is 13.4. The van der Waals surface area contributed by atoms with Crippen LogP contribution >= 0.6 is 11.8 Å². The summed E-state index contributed by atoms with van der Waals surface area (Å²) in [5.41, 5.74) is 5.49. The van der Waals surface area contributed by atoms with Gasteiger partial charge in [0.1, 0.15) is 5.82 Å². The molecular weight excluding hydrogens is 411 g/mol. The van der Waals surface area contributed by atoms with E-state index < -0.39 is 6.23 Å². The van der Waals surface area contributed by atoms with Gasteiger partial charge < -0.3 is 10.1 Å². The Kier molecular flexibility index (Phi) is 5.26. The molecule has 4 aromatic rings. The number of aryl methyl sites for hydroxylation is 1. The lowest BCUT2D eigenvalue weighted by Gasteiger charge is -2.19. The monoisotopic (exact) mass is 430 g/mol. The fourth-order valence-electron chi connectivity index (χ4n) is 3.33. The van der Waals surface area contributed by atoms with Gasteiger partial charge in [-0.2, -0.15) is 4.98 Å². The highest BCUT2D eigenvalue weighted by molar-refractivity contribution is 7.98. The van der Waals surface area contributed by atoms with Crippen LogP contribution in [0.3, 0.4) is 0 Å². The van der Waals surface area contributed by atoms with Crippen LogP contribution in [-0.4, -0.2) is 15.2 Å². The molecule has 0 saturated carbocycles. The number of rotatable bonds is 4. The summed E-state index contributed by atoms with van der Waals surface area (Å²) in [5.74, 6) is 0.835. The van der Waals surface area contributed by atoms with E-state index in [1.165, 1.54) is 35.0 Å². The molecule has 0 saturated heterocycles. The van der Waals surface area contributed by atoms with E-state index >= 15 is 0 Å². The number of anilines is 1. The van der Waals surface area contributed by atoms with Crippen molar-refractivity contribution in [3.8, 4) is 17.1 Å². The predicted molar refractivity (Wildman–Crippen MR) is 119 cm³/mol. The van der Waals surface area contributed by atoms with Gasteiger partial charge in [-0.25, -0.2) is 4.39 Å². The van der Waals surface area contributed by atoms with E-state index in [1.54, 1.807) is 12.1 Å². The standard InChI is InChI=1S/C24H19FN4OS/c1-15-6-8-16(9-7-15)14-31-24-27-23-21(28-29-24)19-4-2-3-5-20(19)26-22(30-23)17-10-12-18(25)13-11-17/h2-13,22,26H,14H2,1H3. The van der Waals surface area contributed by atoms with E-state index in [4.69, 9.17) is 4.74 Å². The first-order valence-corrected chi connectivity index (χ1v) is 10.9. The molecule has 1 atom stereocenters. The van der Waals surface area contributed by atoms with Gasteiger partial charge in [-0.1, -0.05) is 71.9 Å². The Labute approximate surface area is 183 Å². The van der Waals surface area contributed by atoms with Crippen molar-refractivity contribution in [1.82, 2.24) is 15.2 Å². The van der Waals surface area contributed by atoms with Gasteiger partial charge in [-0.05, 0) is 30.7 Å². The lowest BCUT2D eigenvalue weighted by molar-refractivity contribution is 0.225. The quantitative estimate of drug-likeness (QED) is 0.414. The summed E-state index contributed by atoms with van der Waals surface area (Å²) in [7, 11) is 0. The number of nitrogens with one attached hydrogen (secondary N) is 1. The van der Waals surface area contributed by atoms with Crippen LogP contribution in [0, 0.1) is 12.7 Å². The highest BCUT2D eigenvalue weighted by Crippen LogP contribution is 2.39. The summed E-state index contributed by atoms with van der Waals surface area (Å²) in [6.45, 7) is 2.07. The van der Waals surface area contributed by atoms with E-state index in [0.29, 0.717) is 16.7 Å². The molecule has 0 bridgehead atoms. The molecule has 3 aromatic carbocycles. The summed E-state index contributed by atoms with van der Waals surface area (Å²) >= 11 is 1.50. The number of fused-ring (bicyclic) bond motifs is 3. The zero-order chi connectivity index (χ0) is 21.2. The molecule has 1 aliphatic rings. The van der Waals surface area contributed by atoms with Gasteiger partial charge in [-0.3, -0.25) is 0 Å². The minimum Gasteiger partial charge on any atom is -0.448 e. The number of hydrogen-bond acceptors (Lipinski definition) is 6. The number of hydrogen-bond donors (Lipinski definition) is 1. The minimum absolute atomic E-state index is 0.294. The fraction of sp³-hybridized carbons (Fsp3) is 0.125. The van der Waals surface area contributed by atoms with E-state index in [1.807, 2.05) is 24.3 Å². The third-order valence-corrected chi connectivity index (χ3v) is 5.90. The molecule has 5 nitrogen and oxygen atoms in total. The molecule has 1 aromatic heterocycles. The van der Waals surface area contributed by atoms with Gasteiger partial charge in [0.2, 0.25) is 11.0 Å². The van der Waals surface area contributed by atoms with Crippen molar-refractivity contribution in [2.24, 2.45) is 0 Å². The Morgan fingerprint density at radius 3 is 2.55 bits per heavy atom. The van der Waals surface area contributed by atoms with Crippen LogP contribution in [0.1, 0.15) is 22.9 Å². The predicted octanol–water partition coefficient (Wildman–Crippen LogP) is 5.78. The molecule has 5 rings (SSSR count). The number of ether oxygens (including phenoxy) is 1. The van der Waals surface area contributed by atoms with Crippen molar-refractivity contribution in [2.45, 2.75) is 24.1 Å². The highest BCUT2D eigenvalue weighted by atomic mass is 32.2. The summed E-state index contributed by atoms with van der Waals surface area (Å²) < 4.78 is 19.6. The maximum atomic E-state index is 13.4. The maximum Gasteiger partial charge on any atom is 0.247 e. The molecule has 0 spiro atoms. The number of thioether (sulfide) groups is 1. The summed E-state index contributed by atoms with van der Waals surface area (Å²) in [4.78, 5) is 4.65. The van der Waals surface area contributed by atoms with Crippen LogP contribution in [0.2, 0.25) is 0 Å². The Bertz CT molecular complexity index is 1220. The van der Waals surface area contributed by atoms with Gasteiger partial charge >= 0.3 is 0 Å². The third kappa shape index (κ3) is 4.22. The van der Waals surface area contributed by atoms with Crippen molar-refractivity contribution in [3.63, 3.8) is 0 Å². The van der Waals surface area contributed by atoms with Gasteiger partial charge in [-0.15, -0.1) is 10.2 Å². The molecule has 2 heterocycles. The van der Waals surface area contributed by atoms with Gasteiger partial charge in [0.15, 0.2) is 11.9 Å². The smallest absolute Gasteiger partial charge is 0.247 e. The second kappa shape index (κ2) is 8.35. The Morgan fingerprint density at radius 1 is 0.968 bits per heavy atom. The molecule has 1 aliphatic heterocycles. The van der Waals surface area contributed by atoms with Crippen LogP contribution in [-0.2, 0) is 5.75 Å². The molecule has 1 unspecified atom stereocenters. The lowest BCUT2D eigenvalue weighted by atomic mass is 10.1. The normalized spacial score (nSPS) is 14.6. The first-order valence-electron chi connectivity index (χ1n) is 9.87. The summed E-state index contributed by atoms with van der Waals surface area (Å²) in [6.07, 6.45) is -0.533. The number of nitrogens with zero attached hydrogens (tertiary/aromatic N) is 3. The fourth-order valence-corrected chi connectivity index (χ4v) is 4.06.